The number of ether oxygens (including phenoxy) is 1. The van der Waals surface area contributed by atoms with Gasteiger partial charge in [-0.1, -0.05) is 6.92 Å². The van der Waals surface area contributed by atoms with Gasteiger partial charge in [0.1, 0.15) is 18.2 Å². The Morgan fingerprint density at radius 3 is 2.81 bits per heavy atom. The number of anilines is 1. The maximum Gasteiger partial charge on any atom is 0.251 e. The first-order chi connectivity index (χ1) is 7.65. The van der Waals surface area contributed by atoms with Crippen molar-refractivity contribution in [1.29, 1.82) is 0 Å². The Kier molecular flexibility index (Phi) is 4.85. The quantitative estimate of drug-likeness (QED) is 0.817. The highest BCUT2D eigenvalue weighted by Crippen LogP contribution is 2.06. The number of hydrogen-bond donors (Lipinski definition) is 1. The fourth-order valence-electron chi connectivity index (χ4n) is 1.25. The van der Waals surface area contributed by atoms with Crippen LogP contribution in [-0.4, -0.2) is 29.1 Å². The predicted molar refractivity (Wildman–Crippen MR) is 61.3 cm³/mol. The van der Waals surface area contributed by atoms with Crippen molar-refractivity contribution in [1.82, 2.24) is 9.97 Å². The summed E-state index contributed by atoms with van der Waals surface area (Å²) in [6, 6.07) is 1.77. The maximum atomic E-state index is 11.4. The molecule has 0 aromatic carbocycles. The molecule has 1 aromatic rings. The summed E-state index contributed by atoms with van der Waals surface area (Å²) < 4.78 is 5.00. The molecule has 1 heterocycles. The highest BCUT2D eigenvalue weighted by Gasteiger charge is 2.05. The van der Waals surface area contributed by atoms with Gasteiger partial charge in [-0.3, -0.25) is 4.79 Å². The van der Waals surface area contributed by atoms with Gasteiger partial charge in [-0.15, -0.1) is 0 Å². The van der Waals surface area contributed by atoms with Crippen LogP contribution in [-0.2, 0) is 16.0 Å². The molecule has 1 rings (SSSR count). The summed E-state index contributed by atoms with van der Waals surface area (Å²) in [4.78, 5) is 19.7. The fourth-order valence-corrected chi connectivity index (χ4v) is 1.25. The number of nitrogens with zero attached hydrogens (tertiary/aromatic N) is 2. The minimum Gasteiger partial charge on any atom is -0.372 e. The summed E-state index contributed by atoms with van der Waals surface area (Å²) in [5.74, 6) is 1.00. The summed E-state index contributed by atoms with van der Waals surface area (Å²) in [7, 11) is 0. The molecule has 0 aliphatic carbocycles. The lowest BCUT2D eigenvalue weighted by molar-refractivity contribution is -0.120. The second kappa shape index (κ2) is 6.17. The third-order valence-corrected chi connectivity index (χ3v) is 1.96. The number of aromatic nitrogens is 2. The molecule has 5 heteroatoms. The summed E-state index contributed by atoms with van der Waals surface area (Å²) in [5, 5.41) is 2.68. The van der Waals surface area contributed by atoms with Crippen LogP contribution in [0.1, 0.15) is 25.4 Å². The largest absolute Gasteiger partial charge is 0.372 e. The first-order valence-corrected chi connectivity index (χ1v) is 5.37. The fraction of sp³-hybridized carbons (Fsp3) is 0.545. The number of carbonyl (C=O) groups excluding carboxylic acids is 1. The smallest absolute Gasteiger partial charge is 0.251 e. The van der Waals surface area contributed by atoms with E-state index in [2.05, 4.69) is 15.3 Å². The number of hydrogen-bond acceptors (Lipinski definition) is 4. The van der Waals surface area contributed by atoms with E-state index in [0.29, 0.717) is 18.2 Å². The molecule has 0 radical (unpaired) electrons. The van der Waals surface area contributed by atoms with E-state index in [1.165, 1.54) is 0 Å². The standard InChI is InChI=1S/C11H17N3O2/c1-4-9-6-10(13-8(3)12-9)14-11(15)7-16-5-2/h6H,4-5,7H2,1-3H3,(H,12,13,14,15). The number of rotatable bonds is 5. The third-order valence-electron chi connectivity index (χ3n) is 1.96. The summed E-state index contributed by atoms with van der Waals surface area (Å²) in [6.07, 6.45) is 0.817. The van der Waals surface area contributed by atoms with Crippen molar-refractivity contribution in [3.05, 3.63) is 17.6 Å². The molecule has 1 N–H and O–H groups in total. The number of aryl methyl sites for hydroxylation is 2. The van der Waals surface area contributed by atoms with Crippen molar-refractivity contribution in [2.24, 2.45) is 0 Å². The van der Waals surface area contributed by atoms with E-state index < -0.39 is 0 Å². The van der Waals surface area contributed by atoms with Gasteiger partial charge >= 0.3 is 0 Å². The Morgan fingerprint density at radius 1 is 1.44 bits per heavy atom. The topological polar surface area (TPSA) is 64.1 Å². The lowest BCUT2D eigenvalue weighted by Gasteiger charge is -2.06. The summed E-state index contributed by atoms with van der Waals surface area (Å²) in [5.41, 5.74) is 0.916. The van der Waals surface area contributed by atoms with Crippen LogP contribution in [0.5, 0.6) is 0 Å². The Morgan fingerprint density at radius 2 is 2.19 bits per heavy atom. The van der Waals surface area contributed by atoms with Gasteiger partial charge < -0.3 is 10.1 Å². The number of nitrogens with one attached hydrogen (secondary N) is 1. The molecule has 16 heavy (non-hydrogen) atoms. The van der Waals surface area contributed by atoms with Gasteiger partial charge in [0.15, 0.2) is 0 Å². The molecule has 0 spiro atoms. The second-order valence-electron chi connectivity index (χ2n) is 3.33. The van der Waals surface area contributed by atoms with Crippen molar-refractivity contribution in [2.45, 2.75) is 27.2 Å². The Bertz CT molecular complexity index is 366. The van der Waals surface area contributed by atoms with Crippen LogP contribution >= 0.6 is 0 Å². The Hall–Kier alpha value is -1.49. The van der Waals surface area contributed by atoms with Crippen molar-refractivity contribution in [3.8, 4) is 0 Å². The van der Waals surface area contributed by atoms with E-state index in [-0.39, 0.29) is 12.5 Å². The van der Waals surface area contributed by atoms with Gasteiger partial charge in [0, 0.05) is 18.4 Å². The third kappa shape index (κ3) is 3.94. The molecule has 0 unspecified atom stereocenters. The molecule has 1 aromatic heterocycles. The van der Waals surface area contributed by atoms with Crippen LogP contribution in [0, 0.1) is 6.92 Å². The highest BCUT2D eigenvalue weighted by atomic mass is 16.5. The van der Waals surface area contributed by atoms with Crippen molar-refractivity contribution >= 4 is 11.7 Å². The van der Waals surface area contributed by atoms with Crippen molar-refractivity contribution < 1.29 is 9.53 Å². The van der Waals surface area contributed by atoms with Crippen LogP contribution in [0.4, 0.5) is 5.82 Å². The lowest BCUT2D eigenvalue weighted by Crippen LogP contribution is -2.19. The lowest BCUT2D eigenvalue weighted by atomic mass is 10.3. The molecule has 88 valence electrons. The van der Waals surface area contributed by atoms with E-state index in [9.17, 15) is 4.79 Å². The minimum atomic E-state index is -0.193. The first kappa shape index (κ1) is 12.6. The molecule has 0 saturated carbocycles. The van der Waals surface area contributed by atoms with Crippen LogP contribution in [0.15, 0.2) is 6.07 Å². The molecule has 0 saturated heterocycles. The molecule has 5 nitrogen and oxygen atoms in total. The van der Waals surface area contributed by atoms with Crippen LogP contribution in [0.25, 0.3) is 0 Å². The van der Waals surface area contributed by atoms with Gasteiger partial charge in [0.05, 0.1) is 0 Å². The molecular formula is C11H17N3O2. The van der Waals surface area contributed by atoms with Gasteiger partial charge in [-0.25, -0.2) is 9.97 Å². The zero-order valence-corrected chi connectivity index (χ0v) is 9.91. The van der Waals surface area contributed by atoms with Gasteiger partial charge in [0.2, 0.25) is 0 Å². The monoisotopic (exact) mass is 223 g/mol. The van der Waals surface area contributed by atoms with Crippen LogP contribution < -0.4 is 5.32 Å². The molecule has 0 aliphatic heterocycles. The Labute approximate surface area is 95.3 Å². The highest BCUT2D eigenvalue weighted by molar-refractivity contribution is 5.90. The van der Waals surface area contributed by atoms with E-state index in [1.54, 1.807) is 13.0 Å². The number of amides is 1. The Balaban J connectivity index is 2.65. The van der Waals surface area contributed by atoms with Gasteiger partial charge in [-0.2, -0.15) is 0 Å². The summed E-state index contributed by atoms with van der Waals surface area (Å²) in [6.45, 7) is 6.24. The average Bonchev–Trinajstić information content (AvgIpc) is 2.25. The molecular weight excluding hydrogens is 206 g/mol. The van der Waals surface area contributed by atoms with E-state index in [0.717, 1.165) is 12.1 Å². The molecule has 0 aliphatic rings. The van der Waals surface area contributed by atoms with Crippen molar-refractivity contribution in [2.75, 3.05) is 18.5 Å². The first-order valence-electron chi connectivity index (χ1n) is 5.37. The van der Waals surface area contributed by atoms with E-state index in [1.807, 2.05) is 13.8 Å². The zero-order valence-electron chi connectivity index (χ0n) is 9.91. The van der Waals surface area contributed by atoms with Crippen LogP contribution in [0.3, 0.4) is 0 Å². The van der Waals surface area contributed by atoms with E-state index >= 15 is 0 Å². The van der Waals surface area contributed by atoms with Gasteiger partial charge in [0.25, 0.3) is 5.91 Å². The van der Waals surface area contributed by atoms with Gasteiger partial charge in [-0.05, 0) is 20.3 Å². The zero-order chi connectivity index (χ0) is 12.0. The molecule has 0 bridgehead atoms. The molecule has 0 fully saturated rings. The SMILES string of the molecule is CCOCC(=O)Nc1cc(CC)nc(C)n1. The summed E-state index contributed by atoms with van der Waals surface area (Å²) >= 11 is 0. The van der Waals surface area contributed by atoms with E-state index in [4.69, 9.17) is 4.74 Å². The number of carbonyl (C=O) groups is 1. The molecule has 0 atom stereocenters. The normalized spacial score (nSPS) is 10.2. The molecule has 1 amide bonds. The van der Waals surface area contributed by atoms with Crippen LogP contribution in [0.2, 0.25) is 0 Å². The minimum absolute atomic E-state index is 0.0566. The maximum absolute atomic E-state index is 11.4. The van der Waals surface area contributed by atoms with Crippen molar-refractivity contribution in [3.63, 3.8) is 0 Å². The predicted octanol–water partition coefficient (Wildman–Crippen LogP) is 1.32. The average molecular weight is 223 g/mol. The second-order valence-corrected chi connectivity index (χ2v) is 3.33.